The standard InChI is InChI=1S/C21H16Cl2O6/c1-10-6-16(28-20(25)13-5-4-12(22)8-15(13)23)19-11(2)14(9-18(24)27-3)21(26)29-17(19)7-10/h4-8H,9H2,1-3H3. The maximum atomic E-state index is 12.7. The van der Waals surface area contributed by atoms with Crippen molar-refractivity contribution in [1.29, 1.82) is 0 Å². The molecule has 0 aliphatic rings. The summed E-state index contributed by atoms with van der Waals surface area (Å²) in [5.41, 5.74) is 1.04. The van der Waals surface area contributed by atoms with Crippen molar-refractivity contribution in [3.8, 4) is 5.75 Å². The van der Waals surface area contributed by atoms with Gasteiger partial charge in [-0.2, -0.15) is 0 Å². The summed E-state index contributed by atoms with van der Waals surface area (Å²) in [4.78, 5) is 36.7. The van der Waals surface area contributed by atoms with Gasteiger partial charge in [-0.1, -0.05) is 23.2 Å². The highest BCUT2D eigenvalue weighted by molar-refractivity contribution is 6.36. The van der Waals surface area contributed by atoms with Crippen LogP contribution >= 0.6 is 23.2 Å². The van der Waals surface area contributed by atoms with E-state index in [2.05, 4.69) is 4.74 Å². The number of methoxy groups -OCH3 is 1. The van der Waals surface area contributed by atoms with Crippen molar-refractivity contribution in [2.75, 3.05) is 7.11 Å². The maximum Gasteiger partial charge on any atom is 0.345 e. The van der Waals surface area contributed by atoms with Gasteiger partial charge in [0.15, 0.2) is 0 Å². The Morgan fingerprint density at radius 3 is 2.48 bits per heavy atom. The van der Waals surface area contributed by atoms with Crippen LogP contribution in [0.25, 0.3) is 11.0 Å². The van der Waals surface area contributed by atoms with Crippen LogP contribution in [0, 0.1) is 13.8 Å². The first kappa shape index (κ1) is 20.9. The predicted molar refractivity (Wildman–Crippen MR) is 109 cm³/mol. The Bertz CT molecular complexity index is 1200. The zero-order chi connectivity index (χ0) is 21.3. The van der Waals surface area contributed by atoms with E-state index in [0.29, 0.717) is 21.5 Å². The summed E-state index contributed by atoms with van der Waals surface area (Å²) >= 11 is 12.0. The lowest BCUT2D eigenvalue weighted by molar-refractivity contribution is -0.139. The molecule has 0 N–H and O–H groups in total. The summed E-state index contributed by atoms with van der Waals surface area (Å²) in [5.74, 6) is -1.10. The largest absolute Gasteiger partial charge is 0.469 e. The van der Waals surface area contributed by atoms with Gasteiger partial charge < -0.3 is 13.9 Å². The number of benzene rings is 2. The Morgan fingerprint density at radius 2 is 1.83 bits per heavy atom. The van der Waals surface area contributed by atoms with E-state index < -0.39 is 17.6 Å². The van der Waals surface area contributed by atoms with Crippen LogP contribution in [0.4, 0.5) is 0 Å². The second kappa shape index (κ2) is 8.27. The highest BCUT2D eigenvalue weighted by Gasteiger charge is 2.21. The van der Waals surface area contributed by atoms with E-state index in [0.717, 1.165) is 0 Å². The number of aryl methyl sites for hydroxylation is 2. The third-order valence-corrected chi connectivity index (χ3v) is 4.94. The minimum atomic E-state index is -0.696. The first-order chi connectivity index (χ1) is 13.7. The molecule has 1 heterocycles. The van der Waals surface area contributed by atoms with Gasteiger partial charge in [-0.05, 0) is 55.3 Å². The number of hydrogen-bond donors (Lipinski definition) is 0. The molecule has 150 valence electrons. The molecule has 0 unspecified atom stereocenters. The molecule has 0 saturated carbocycles. The highest BCUT2D eigenvalue weighted by atomic mass is 35.5. The fourth-order valence-electron chi connectivity index (χ4n) is 2.95. The van der Waals surface area contributed by atoms with Gasteiger partial charge in [0.25, 0.3) is 0 Å². The number of carbonyl (C=O) groups excluding carboxylic acids is 2. The molecule has 1 aromatic heterocycles. The van der Waals surface area contributed by atoms with E-state index in [4.69, 9.17) is 32.4 Å². The molecule has 0 atom stereocenters. The van der Waals surface area contributed by atoms with E-state index >= 15 is 0 Å². The molecule has 0 bridgehead atoms. The number of hydrogen-bond acceptors (Lipinski definition) is 6. The van der Waals surface area contributed by atoms with Crippen LogP contribution in [0.15, 0.2) is 39.5 Å². The molecular formula is C21H16Cl2O6. The Kier molecular flexibility index (Phi) is 5.96. The normalized spacial score (nSPS) is 10.8. The topological polar surface area (TPSA) is 82.8 Å². The summed E-state index contributed by atoms with van der Waals surface area (Å²) in [7, 11) is 1.23. The third-order valence-electron chi connectivity index (χ3n) is 4.39. The number of carbonyl (C=O) groups is 2. The number of fused-ring (bicyclic) bond motifs is 1. The van der Waals surface area contributed by atoms with Gasteiger partial charge in [0, 0.05) is 5.02 Å². The van der Waals surface area contributed by atoms with Crippen LogP contribution in [-0.2, 0) is 16.0 Å². The minimum absolute atomic E-state index is 0.134. The van der Waals surface area contributed by atoms with Gasteiger partial charge in [-0.25, -0.2) is 9.59 Å². The second-order valence-electron chi connectivity index (χ2n) is 6.40. The third kappa shape index (κ3) is 4.28. The molecule has 0 radical (unpaired) electrons. The first-order valence-electron chi connectivity index (χ1n) is 8.52. The number of ether oxygens (including phenoxy) is 2. The van der Waals surface area contributed by atoms with Crippen molar-refractivity contribution >= 4 is 46.1 Å². The van der Waals surface area contributed by atoms with Crippen LogP contribution in [0.1, 0.15) is 27.0 Å². The van der Waals surface area contributed by atoms with Crippen LogP contribution in [-0.4, -0.2) is 19.0 Å². The molecule has 0 saturated heterocycles. The Balaban J connectivity index is 2.14. The molecule has 3 rings (SSSR count). The zero-order valence-corrected chi connectivity index (χ0v) is 17.3. The lowest BCUT2D eigenvalue weighted by Gasteiger charge is -2.13. The van der Waals surface area contributed by atoms with Crippen LogP contribution in [0.2, 0.25) is 10.0 Å². The smallest absolute Gasteiger partial charge is 0.345 e. The first-order valence-corrected chi connectivity index (χ1v) is 9.27. The van der Waals surface area contributed by atoms with Crippen molar-refractivity contribution in [2.45, 2.75) is 20.3 Å². The highest BCUT2D eigenvalue weighted by Crippen LogP contribution is 2.32. The average molecular weight is 435 g/mol. The second-order valence-corrected chi connectivity index (χ2v) is 7.24. The van der Waals surface area contributed by atoms with Gasteiger partial charge in [0.05, 0.1) is 35.1 Å². The van der Waals surface area contributed by atoms with Crippen LogP contribution in [0.3, 0.4) is 0 Å². The SMILES string of the molecule is COC(=O)Cc1c(C)c2c(OC(=O)c3ccc(Cl)cc3Cl)cc(C)cc2oc1=O. The van der Waals surface area contributed by atoms with Crippen LogP contribution in [0.5, 0.6) is 5.75 Å². The number of esters is 2. The van der Waals surface area contributed by atoms with Crippen molar-refractivity contribution < 1.29 is 23.5 Å². The summed E-state index contributed by atoms with van der Waals surface area (Å²) < 4.78 is 15.6. The lowest BCUT2D eigenvalue weighted by atomic mass is 10.0. The Labute approximate surface area is 175 Å². The molecule has 0 amide bonds. The quantitative estimate of drug-likeness (QED) is 0.337. The molecule has 3 aromatic rings. The van der Waals surface area contributed by atoms with Gasteiger partial charge in [0.1, 0.15) is 11.3 Å². The summed E-state index contributed by atoms with van der Waals surface area (Å²) in [6.45, 7) is 3.42. The Morgan fingerprint density at radius 1 is 1.10 bits per heavy atom. The molecule has 8 heteroatoms. The Hall–Kier alpha value is -2.83. The van der Waals surface area contributed by atoms with E-state index in [1.54, 1.807) is 26.0 Å². The van der Waals surface area contributed by atoms with E-state index in [9.17, 15) is 14.4 Å². The number of rotatable bonds is 4. The van der Waals surface area contributed by atoms with E-state index in [1.807, 2.05) is 0 Å². The molecule has 0 fully saturated rings. The summed E-state index contributed by atoms with van der Waals surface area (Å²) in [6, 6.07) is 7.71. The maximum absolute atomic E-state index is 12.7. The summed E-state index contributed by atoms with van der Waals surface area (Å²) in [6.07, 6.45) is -0.259. The van der Waals surface area contributed by atoms with Crippen molar-refractivity contribution in [2.24, 2.45) is 0 Å². The van der Waals surface area contributed by atoms with Crippen molar-refractivity contribution in [1.82, 2.24) is 0 Å². The monoisotopic (exact) mass is 434 g/mol. The fourth-order valence-corrected chi connectivity index (χ4v) is 3.43. The van der Waals surface area contributed by atoms with Gasteiger partial charge >= 0.3 is 17.6 Å². The summed E-state index contributed by atoms with van der Waals surface area (Å²) in [5, 5.41) is 0.944. The molecule has 0 spiro atoms. The predicted octanol–water partition coefficient (Wildman–Crippen LogP) is 4.65. The number of halogens is 2. The van der Waals surface area contributed by atoms with Gasteiger partial charge in [-0.15, -0.1) is 0 Å². The van der Waals surface area contributed by atoms with E-state index in [-0.39, 0.29) is 33.9 Å². The molecule has 0 aliphatic carbocycles. The fraction of sp³-hybridized carbons (Fsp3) is 0.190. The molecule has 0 aliphatic heterocycles. The van der Waals surface area contributed by atoms with Crippen molar-refractivity contribution in [3.63, 3.8) is 0 Å². The van der Waals surface area contributed by atoms with Crippen molar-refractivity contribution in [3.05, 3.63) is 73.1 Å². The van der Waals surface area contributed by atoms with Gasteiger partial charge in [0.2, 0.25) is 0 Å². The average Bonchev–Trinajstić information content (AvgIpc) is 2.64. The molecule has 29 heavy (non-hydrogen) atoms. The van der Waals surface area contributed by atoms with Gasteiger partial charge in [-0.3, -0.25) is 4.79 Å². The van der Waals surface area contributed by atoms with E-state index in [1.165, 1.54) is 25.3 Å². The molecular weight excluding hydrogens is 419 g/mol. The zero-order valence-electron chi connectivity index (χ0n) is 15.8. The molecule has 2 aromatic carbocycles. The minimum Gasteiger partial charge on any atom is -0.469 e. The lowest BCUT2D eigenvalue weighted by Crippen LogP contribution is -2.17. The molecule has 6 nitrogen and oxygen atoms in total. The van der Waals surface area contributed by atoms with Crippen LogP contribution < -0.4 is 10.4 Å².